The van der Waals surface area contributed by atoms with E-state index in [9.17, 15) is 14.9 Å². The lowest BCUT2D eigenvalue weighted by atomic mass is 9.92. The van der Waals surface area contributed by atoms with Crippen LogP contribution in [0.5, 0.6) is 0 Å². The molecule has 0 aromatic heterocycles. The zero-order valence-corrected chi connectivity index (χ0v) is 11.9. The van der Waals surface area contributed by atoms with Crippen molar-refractivity contribution >= 4 is 12.0 Å². The van der Waals surface area contributed by atoms with E-state index in [0.29, 0.717) is 17.0 Å². The van der Waals surface area contributed by atoms with Crippen LogP contribution in [-0.2, 0) is 11.2 Å². The Morgan fingerprint density at radius 3 is 2.55 bits per heavy atom. The molecule has 0 aliphatic heterocycles. The molecule has 108 valence electrons. The normalized spacial score (nSPS) is 12.8. The molecule has 0 bridgehead atoms. The molecule has 0 heterocycles. The average Bonchev–Trinajstić information content (AvgIpc) is 2.35. The van der Waals surface area contributed by atoms with Crippen molar-refractivity contribution in [3.63, 3.8) is 0 Å². The maximum Gasteiger partial charge on any atom is 0.310 e. The lowest BCUT2D eigenvalue weighted by molar-refractivity contribution is -0.400. The van der Waals surface area contributed by atoms with Gasteiger partial charge in [-0.1, -0.05) is 32.0 Å². The maximum absolute atomic E-state index is 11.0. The Balaban J connectivity index is 3.20. The van der Waals surface area contributed by atoms with Crippen LogP contribution in [0.25, 0.3) is 6.08 Å². The molecule has 0 saturated heterocycles. The first kappa shape index (κ1) is 15.9. The number of nitro groups is 1. The van der Waals surface area contributed by atoms with Gasteiger partial charge in [0.15, 0.2) is 0 Å². The van der Waals surface area contributed by atoms with Gasteiger partial charge in [0.05, 0.1) is 10.8 Å². The van der Waals surface area contributed by atoms with E-state index in [1.54, 1.807) is 19.1 Å². The summed E-state index contributed by atoms with van der Waals surface area (Å²) in [5, 5.41) is 19.5. The third-order valence-corrected chi connectivity index (χ3v) is 3.04. The Kier molecular flexibility index (Phi) is 5.43. The van der Waals surface area contributed by atoms with Crippen LogP contribution in [0, 0.1) is 16.0 Å². The van der Waals surface area contributed by atoms with E-state index >= 15 is 0 Å². The lowest BCUT2D eigenvalue weighted by Gasteiger charge is -2.13. The van der Waals surface area contributed by atoms with Crippen LogP contribution in [0.2, 0.25) is 0 Å². The number of carboxylic acid groups (broad SMARTS) is 1. The van der Waals surface area contributed by atoms with Crippen molar-refractivity contribution in [3.05, 3.63) is 51.2 Å². The second-order valence-electron chi connectivity index (χ2n) is 5.22. The van der Waals surface area contributed by atoms with Crippen LogP contribution in [0.15, 0.2) is 24.4 Å². The van der Waals surface area contributed by atoms with Crippen LogP contribution in [-0.4, -0.2) is 16.0 Å². The minimum Gasteiger partial charge on any atom is -0.481 e. The van der Waals surface area contributed by atoms with Crippen molar-refractivity contribution in [2.24, 2.45) is 5.92 Å². The molecule has 0 fully saturated rings. The van der Waals surface area contributed by atoms with E-state index in [-0.39, 0.29) is 0 Å². The van der Waals surface area contributed by atoms with Gasteiger partial charge in [-0.25, -0.2) is 0 Å². The standard InChI is InChI=1S/C15H19NO4/c1-10(2)8-13-5-4-12(11(3)15(17)18)9-14(13)6-7-16(19)20/h4-7,9-11H,8H2,1-3H3,(H,17,18). The summed E-state index contributed by atoms with van der Waals surface area (Å²) >= 11 is 0. The molecule has 1 aromatic carbocycles. The van der Waals surface area contributed by atoms with Gasteiger partial charge in [-0.3, -0.25) is 14.9 Å². The van der Waals surface area contributed by atoms with Gasteiger partial charge >= 0.3 is 5.97 Å². The van der Waals surface area contributed by atoms with Gasteiger partial charge in [0.25, 0.3) is 0 Å². The Labute approximate surface area is 118 Å². The molecule has 1 atom stereocenters. The molecule has 0 radical (unpaired) electrons. The number of benzene rings is 1. The molecule has 0 spiro atoms. The van der Waals surface area contributed by atoms with Crippen molar-refractivity contribution in [2.45, 2.75) is 33.1 Å². The predicted molar refractivity (Wildman–Crippen MR) is 77.1 cm³/mol. The molecule has 5 heteroatoms. The monoisotopic (exact) mass is 277 g/mol. The van der Waals surface area contributed by atoms with E-state index in [2.05, 4.69) is 13.8 Å². The highest BCUT2D eigenvalue weighted by Gasteiger charge is 2.15. The molecule has 0 aliphatic carbocycles. The molecule has 5 nitrogen and oxygen atoms in total. The second-order valence-corrected chi connectivity index (χ2v) is 5.22. The van der Waals surface area contributed by atoms with Gasteiger partial charge in [-0.15, -0.1) is 0 Å². The minimum atomic E-state index is -0.911. The van der Waals surface area contributed by atoms with Gasteiger partial charge in [0, 0.05) is 6.08 Å². The number of hydrogen-bond donors (Lipinski definition) is 1. The van der Waals surface area contributed by atoms with E-state index in [1.807, 2.05) is 6.07 Å². The van der Waals surface area contributed by atoms with E-state index in [4.69, 9.17) is 5.11 Å². The molecule has 0 saturated carbocycles. The fourth-order valence-electron chi connectivity index (χ4n) is 1.95. The summed E-state index contributed by atoms with van der Waals surface area (Å²) in [7, 11) is 0. The van der Waals surface area contributed by atoms with E-state index in [1.165, 1.54) is 6.08 Å². The molecule has 1 aromatic rings. The van der Waals surface area contributed by atoms with Crippen LogP contribution < -0.4 is 0 Å². The number of carbonyl (C=O) groups is 1. The molecule has 0 amide bonds. The van der Waals surface area contributed by atoms with Crippen LogP contribution in [0.1, 0.15) is 43.4 Å². The number of hydrogen-bond acceptors (Lipinski definition) is 3. The van der Waals surface area contributed by atoms with E-state index < -0.39 is 16.8 Å². The predicted octanol–water partition coefficient (Wildman–Crippen LogP) is 3.32. The zero-order chi connectivity index (χ0) is 15.3. The summed E-state index contributed by atoms with van der Waals surface area (Å²) in [4.78, 5) is 20.9. The SMILES string of the molecule is CC(C)Cc1ccc(C(C)C(=O)O)cc1C=C[N+](=O)[O-]. The number of carboxylic acids is 1. The fraction of sp³-hybridized carbons (Fsp3) is 0.400. The van der Waals surface area contributed by atoms with Crippen molar-refractivity contribution in [3.8, 4) is 0 Å². The molecule has 1 rings (SSSR count). The van der Waals surface area contributed by atoms with Crippen molar-refractivity contribution in [1.29, 1.82) is 0 Å². The topological polar surface area (TPSA) is 80.4 Å². The smallest absolute Gasteiger partial charge is 0.310 e. The minimum absolute atomic E-state index is 0.417. The van der Waals surface area contributed by atoms with Gasteiger partial charge in [0.2, 0.25) is 6.20 Å². The van der Waals surface area contributed by atoms with E-state index in [0.717, 1.165) is 18.2 Å². The largest absolute Gasteiger partial charge is 0.481 e. The Bertz CT molecular complexity index is 535. The summed E-state index contributed by atoms with van der Waals surface area (Å²) in [6, 6.07) is 5.35. The van der Waals surface area contributed by atoms with Crippen LogP contribution in [0.4, 0.5) is 0 Å². The van der Waals surface area contributed by atoms with Crippen LogP contribution >= 0.6 is 0 Å². The zero-order valence-electron chi connectivity index (χ0n) is 11.9. The Morgan fingerprint density at radius 1 is 1.40 bits per heavy atom. The first-order valence-electron chi connectivity index (χ1n) is 6.48. The van der Waals surface area contributed by atoms with Gasteiger partial charge < -0.3 is 5.11 Å². The maximum atomic E-state index is 11.0. The summed E-state index contributed by atoms with van der Waals surface area (Å²) in [6.45, 7) is 5.73. The second kappa shape index (κ2) is 6.84. The van der Waals surface area contributed by atoms with Crippen LogP contribution in [0.3, 0.4) is 0 Å². The molecule has 20 heavy (non-hydrogen) atoms. The summed E-state index contributed by atoms with van der Waals surface area (Å²) in [5.74, 6) is -1.13. The highest BCUT2D eigenvalue weighted by molar-refractivity contribution is 5.76. The summed E-state index contributed by atoms with van der Waals surface area (Å²) in [5.41, 5.74) is 2.34. The highest BCUT2D eigenvalue weighted by Crippen LogP contribution is 2.23. The van der Waals surface area contributed by atoms with Crippen molar-refractivity contribution in [1.82, 2.24) is 0 Å². The third-order valence-electron chi connectivity index (χ3n) is 3.04. The Hall–Kier alpha value is -2.17. The van der Waals surface area contributed by atoms with Crippen molar-refractivity contribution in [2.75, 3.05) is 0 Å². The molecule has 0 aliphatic rings. The molecular formula is C15H19NO4. The van der Waals surface area contributed by atoms with Gasteiger partial charge in [-0.2, -0.15) is 0 Å². The van der Waals surface area contributed by atoms with Crippen molar-refractivity contribution < 1.29 is 14.8 Å². The molecule has 1 unspecified atom stereocenters. The molecule has 1 N–H and O–H groups in total. The summed E-state index contributed by atoms with van der Waals surface area (Å²) in [6.07, 6.45) is 3.10. The third kappa shape index (κ3) is 4.50. The summed E-state index contributed by atoms with van der Waals surface area (Å²) < 4.78 is 0. The first-order valence-corrected chi connectivity index (χ1v) is 6.48. The number of rotatable bonds is 6. The highest BCUT2D eigenvalue weighted by atomic mass is 16.6. The average molecular weight is 277 g/mol. The van der Waals surface area contributed by atoms with Gasteiger partial charge in [0.1, 0.15) is 0 Å². The lowest BCUT2D eigenvalue weighted by Crippen LogP contribution is -2.08. The van der Waals surface area contributed by atoms with Gasteiger partial charge in [-0.05, 0) is 36.0 Å². The Morgan fingerprint density at radius 2 is 2.05 bits per heavy atom. The first-order chi connectivity index (χ1) is 9.31. The fourth-order valence-corrected chi connectivity index (χ4v) is 1.95. The number of aliphatic carboxylic acids is 1. The molecular weight excluding hydrogens is 258 g/mol. The number of nitrogens with zero attached hydrogens (tertiary/aromatic N) is 1. The quantitative estimate of drug-likeness (QED) is 0.639.